The van der Waals surface area contributed by atoms with Crippen molar-refractivity contribution in [2.24, 2.45) is 5.92 Å². The summed E-state index contributed by atoms with van der Waals surface area (Å²) in [5.74, 6) is 1.03. The summed E-state index contributed by atoms with van der Waals surface area (Å²) in [4.78, 5) is 42.2. The van der Waals surface area contributed by atoms with Crippen LogP contribution in [0.15, 0.2) is 42.6 Å². The van der Waals surface area contributed by atoms with Gasteiger partial charge in [0.05, 0.1) is 11.4 Å². The zero-order valence-corrected chi connectivity index (χ0v) is 19.1. The minimum Gasteiger partial charge on any atom is -0.342 e. The van der Waals surface area contributed by atoms with Crippen LogP contribution in [0, 0.1) is 5.92 Å². The van der Waals surface area contributed by atoms with Crippen molar-refractivity contribution in [2.75, 3.05) is 31.5 Å². The fraction of sp³-hybridized carbons (Fsp3) is 0.417. The number of fused-ring (bicyclic) bond motifs is 1. The summed E-state index contributed by atoms with van der Waals surface area (Å²) in [6, 6.07) is 10.7. The number of nitrogens with zero attached hydrogens (tertiary/aromatic N) is 4. The SMILES string of the molecule is O=C(Nc1ccc(Cl)cc1)N1CCCC(C(=O)N2CCCC(c3nc4ncccc4[nH]3)C2)C1. The number of aromatic amines is 1. The standard InChI is InChI=1S/C24H27ClN6O2/c25-18-7-9-19(10-8-18)27-24(33)31-13-3-5-17(15-31)23(32)30-12-2-4-16(14-30)21-28-20-6-1-11-26-22(20)29-21/h1,6-11,16-17H,2-5,12-15H2,(H,27,33)(H,26,28,29). The number of anilines is 1. The van der Waals surface area contributed by atoms with Gasteiger partial charge in [-0.15, -0.1) is 0 Å². The first-order chi connectivity index (χ1) is 16.1. The molecule has 2 atom stereocenters. The first kappa shape index (κ1) is 21.7. The van der Waals surface area contributed by atoms with E-state index in [1.807, 2.05) is 17.0 Å². The molecule has 2 fully saturated rings. The number of hydrogen-bond donors (Lipinski definition) is 2. The maximum Gasteiger partial charge on any atom is 0.321 e. The summed E-state index contributed by atoms with van der Waals surface area (Å²) >= 11 is 5.92. The second kappa shape index (κ2) is 9.39. The van der Waals surface area contributed by atoms with Crippen molar-refractivity contribution < 1.29 is 9.59 Å². The number of halogens is 1. The lowest BCUT2D eigenvalue weighted by Gasteiger charge is -2.38. The van der Waals surface area contributed by atoms with Crippen LogP contribution < -0.4 is 5.32 Å². The molecule has 172 valence electrons. The van der Waals surface area contributed by atoms with Crippen LogP contribution in [0.1, 0.15) is 37.4 Å². The molecule has 0 saturated carbocycles. The number of H-pyrrole nitrogens is 1. The largest absolute Gasteiger partial charge is 0.342 e. The van der Waals surface area contributed by atoms with E-state index >= 15 is 0 Å². The molecule has 0 spiro atoms. The highest BCUT2D eigenvalue weighted by Gasteiger charge is 2.34. The zero-order chi connectivity index (χ0) is 22.8. The van der Waals surface area contributed by atoms with Crippen molar-refractivity contribution in [3.05, 3.63) is 53.4 Å². The van der Waals surface area contributed by atoms with E-state index in [0.717, 1.165) is 43.6 Å². The third kappa shape index (κ3) is 4.80. The highest BCUT2D eigenvalue weighted by atomic mass is 35.5. The van der Waals surface area contributed by atoms with Gasteiger partial charge in [-0.3, -0.25) is 4.79 Å². The topological polar surface area (TPSA) is 94.2 Å². The second-order valence-corrected chi connectivity index (χ2v) is 9.28. The number of carbonyl (C=O) groups excluding carboxylic acids is 2. The normalized spacial score (nSPS) is 21.2. The van der Waals surface area contributed by atoms with Crippen molar-refractivity contribution in [1.29, 1.82) is 0 Å². The molecular weight excluding hydrogens is 440 g/mol. The van der Waals surface area contributed by atoms with Crippen LogP contribution in [0.2, 0.25) is 5.02 Å². The molecule has 2 saturated heterocycles. The van der Waals surface area contributed by atoms with Gasteiger partial charge in [-0.25, -0.2) is 14.8 Å². The summed E-state index contributed by atoms with van der Waals surface area (Å²) in [6.45, 7) is 2.49. The van der Waals surface area contributed by atoms with E-state index < -0.39 is 0 Å². The average Bonchev–Trinajstić information content (AvgIpc) is 3.30. The molecule has 3 amide bonds. The van der Waals surface area contributed by atoms with Crippen LogP contribution in [0.5, 0.6) is 0 Å². The lowest BCUT2D eigenvalue weighted by molar-refractivity contribution is -0.138. The van der Waals surface area contributed by atoms with Crippen LogP contribution in [0.3, 0.4) is 0 Å². The van der Waals surface area contributed by atoms with E-state index in [1.54, 1.807) is 35.4 Å². The molecule has 3 aromatic rings. The van der Waals surface area contributed by atoms with E-state index in [9.17, 15) is 9.59 Å². The Kier molecular flexibility index (Phi) is 6.17. The molecule has 4 heterocycles. The van der Waals surface area contributed by atoms with Crippen molar-refractivity contribution in [3.8, 4) is 0 Å². The Morgan fingerprint density at radius 3 is 2.64 bits per heavy atom. The molecule has 0 radical (unpaired) electrons. The molecule has 8 nitrogen and oxygen atoms in total. The van der Waals surface area contributed by atoms with Gasteiger partial charge >= 0.3 is 6.03 Å². The predicted molar refractivity (Wildman–Crippen MR) is 127 cm³/mol. The zero-order valence-electron chi connectivity index (χ0n) is 18.3. The summed E-state index contributed by atoms with van der Waals surface area (Å²) in [6.07, 6.45) is 5.29. The molecule has 2 aromatic heterocycles. The lowest BCUT2D eigenvalue weighted by Crippen LogP contribution is -2.49. The van der Waals surface area contributed by atoms with Crippen molar-refractivity contribution in [3.63, 3.8) is 0 Å². The quantitative estimate of drug-likeness (QED) is 0.603. The number of amides is 3. The Morgan fingerprint density at radius 1 is 1.03 bits per heavy atom. The molecule has 2 N–H and O–H groups in total. The summed E-state index contributed by atoms with van der Waals surface area (Å²) in [5, 5.41) is 3.52. The van der Waals surface area contributed by atoms with Crippen LogP contribution in [-0.2, 0) is 4.79 Å². The highest BCUT2D eigenvalue weighted by Crippen LogP contribution is 2.29. The highest BCUT2D eigenvalue weighted by molar-refractivity contribution is 6.30. The van der Waals surface area contributed by atoms with Crippen molar-refractivity contribution >= 4 is 40.4 Å². The second-order valence-electron chi connectivity index (χ2n) is 8.84. The molecule has 33 heavy (non-hydrogen) atoms. The number of imidazole rings is 1. The average molecular weight is 467 g/mol. The van der Waals surface area contributed by atoms with Gasteiger partial charge in [0, 0.05) is 49.0 Å². The Balaban J connectivity index is 1.21. The number of likely N-dealkylation sites (tertiary alicyclic amines) is 2. The number of benzene rings is 1. The third-order valence-electron chi connectivity index (χ3n) is 6.55. The number of rotatable bonds is 3. The predicted octanol–water partition coefficient (Wildman–Crippen LogP) is 4.26. The summed E-state index contributed by atoms with van der Waals surface area (Å²) < 4.78 is 0. The lowest BCUT2D eigenvalue weighted by atomic mass is 9.93. The Bertz CT molecular complexity index is 1110. The fourth-order valence-corrected chi connectivity index (χ4v) is 4.94. The number of pyridine rings is 1. The minimum absolute atomic E-state index is 0.137. The number of hydrogen-bond acceptors (Lipinski definition) is 4. The first-order valence-corrected chi connectivity index (χ1v) is 11.9. The van der Waals surface area contributed by atoms with E-state index in [1.165, 1.54) is 0 Å². The van der Waals surface area contributed by atoms with Crippen molar-refractivity contribution in [1.82, 2.24) is 24.8 Å². The van der Waals surface area contributed by atoms with Gasteiger partial charge in [0.1, 0.15) is 5.82 Å². The molecular formula is C24H27ClN6O2. The van der Waals surface area contributed by atoms with Crippen LogP contribution in [0.25, 0.3) is 11.2 Å². The molecule has 2 aliphatic heterocycles. The molecule has 0 aliphatic carbocycles. The van der Waals surface area contributed by atoms with E-state index in [2.05, 4.69) is 20.3 Å². The summed E-state index contributed by atoms with van der Waals surface area (Å²) in [5.41, 5.74) is 2.33. The molecule has 0 bridgehead atoms. The van der Waals surface area contributed by atoms with Gasteiger partial charge < -0.3 is 20.1 Å². The van der Waals surface area contributed by atoms with Gasteiger partial charge in [0.15, 0.2) is 5.65 Å². The van der Waals surface area contributed by atoms with Gasteiger partial charge in [0.2, 0.25) is 5.91 Å². The minimum atomic E-state index is -0.180. The fourth-order valence-electron chi connectivity index (χ4n) is 4.81. The van der Waals surface area contributed by atoms with Crippen LogP contribution in [0.4, 0.5) is 10.5 Å². The Morgan fingerprint density at radius 2 is 1.82 bits per heavy atom. The number of nitrogens with one attached hydrogen (secondary N) is 2. The molecule has 1 aromatic carbocycles. The van der Waals surface area contributed by atoms with E-state index in [-0.39, 0.29) is 23.8 Å². The van der Waals surface area contributed by atoms with Gasteiger partial charge in [-0.1, -0.05) is 11.6 Å². The number of piperidine rings is 2. The Hall–Kier alpha value is -3.13. The molecule has 5 rings (SSSR count). The smallest absolute Gasteiger partial charge is 0.321 e. The Labute approximate surface area is 197 Å². The molecule has 9 heteroatoms. The maximum absolute atomic E-state index is 13.4. The van der Waals surface area contributed by atoms with Gasteiger partial charge in [-0.2, -0.15) is 0 Å². The number of carbonyl (C=O) groups is 2. The van der Waals surface area contributed by atoms with Crippen LogP contribution >= 0.6 is 11.6 Å². The van der Waals surface area contributed by atoms with E-state index in [0.29, 0.717) is 36.0 Å². The molecule has 2 unspecified atom stereocenters. The maximum atomic E-state index is 13.4. The van der Waals surface area contributed by atoms with Crippen molar-refractivity contribution in [2.45, 2.75) is 31.6 Å². The molecule has 2 aliphatic rings. The monoisotopic (exact) mass is 466 g/mol. The first-order valence-electron chi connectivity index (χ1n) is 11.5. The number of urea groups is 1. The number of aromatic nitrogens is 3. The third-order valence-corrected chi connectivity index (χ3v) is 6.80. The van der Waals surface area contributed by atoms with Gasteiger partial charge in [-0.05, 0) is 62.1 Å². The van der Waals surface area contributed by atoms with E-state index in [4.69, 9.17) is 11.6 Å². The summed E-state index contributed by atoms with van der Waals surface area (Å²) in [7, 11) is 0. The van der Waals surface area contributed by atoms with Crippen LogP contribution in [-0.4, -0.2) is 62.9 Å². The van der Waals surface area contributed by atoms with Gasteiger partial charge in [0.25, 0.3) is 0 Å².